The minimum absolute atomic E-state index is 0.142. The molecule has 2 rings (SSSR count). The Bertz CT molecular complexity index is 641. The van der Waals surface area contributed by atoms with Crippen LogP contribution >= 0.6 is 0 Å². The van der Waals surface area contributed by atoms with Crippen LogP contribution in [0.25, 0.3) is 0 Å². The van der Waals surface area contributed by atoms with Crippen LogP contribution in [-0.4, -0.2) is 18.6 Å². The van der Waals surface area contributed by atoms with Gasteiger partial charge in [0, 0.05) is 12.1 Å². The predicted molar refractivity (Wildman–Crippen MR) is 83.0 cm³/mol. The van der Waals surface area contributed by atoms with Crippen molar-refractivity contribution in [3.63, 3.8) is 0 Å². The van der Waals surface area contributed by atoms with E-state index >= 15 is 0 Å². The highest BCUT2D eigenvalue weighted by Gasteiger charge is 2.15. The molecule has 0 aliphatic heterocycles. The first-order chi connectivity index (χ1) is 10.1. The van der Waals surface area contributed by atoms with Crippen LogP contribution in [0.1, 0.15) is 11.1 Å². The quantitative estimate of drug-likeness (QED) is 0.651. The second kappa shape index (κ2) is 6.74. The van der Waals surface area contributed by atoms with Gasteiger partial charge in [0.25, 0.3) is 5.69 Å². The molecule has 5 heteroatoms. The number of anilines is 1. The number of nitro benzene ring substituents is 1. The molecule has 0 amide bonds. The summed E-state index contributed by atoms with van der Waals surface area (Å²) in [5, 5.41) is 14.2. The van der Waals surface area contributed by atoms with E-state index in [1.165, 1.54) is 0 Å². The maximum Gasteiger partial charge on any atom is 0.295 e. The molecule has 0 radical (unpaired) electrons. The van der Waals surface area contributed by atoms with Gasteiger partial charge in [-0.3, -0.25) is 10.1 Å². The van der Waals surface area contributed by atoms with Gasteiger partial charge in [-0.2, -0.15) is 0 Å². The summed E-state index contributed by atoms with van der Waals surface area (Å²) < 4.78 is 5.18. The van der Waals surface area contributed by atoms with Gasteiger partial charge in [-0.25, -0.2) is 0 Å². The second-order valence-corrected chi connectivity index (χ2v) is 4.76. The highest BCUT2D eigenvalue weighted by Crippen LogP contribution is 2.27. The molecule has 0 saturated carbocycles. The zero-order valence-corrected chi connectivity index (χ0v) is 12.1. The maximum atomic E-state index is 11.1. The van der Waals surface area contributed by atoms with Gasteiger partial charge >= 0.3 is 0 Å². The number of hydrogen-bond acceptors (Lipinski definition) is 4. The van der Waals surface area contributed by atoms with Crippen molar-refractivity contribution < 1.29 is 9.66 Å². The SMILES string of the molecule is COc1cccc(CCNc2cccc(C)c2[N+](=O)[O-])c1. The van der Waals surface area contributed by atoms with Crippen molar-refractivity contribution in [3.05, 3.63) is 63.7 Å². The van der Waals surface area contributed by atoms with E-state index in [1.807, 2.05) is 30.3 Å². The van der Waals surface area contributed by atoms with Crippen molar-refractivity contribution >= 4 is 11.4 Å². The van der Waals surface area contributed by atoms with Gasteiger partial charge in [-0.05, 0) is 37.1 Å². The smallest absolute Gasteiger partial charge is 0.295 e. The fourth-order valence-electron chi connectivity index (χ4n) is 2.21. The molecule has 0 bridgehead atoms. The van der Waals surface area contributed by atoms with Crippen LogP contribution in [0.15, 0.2) is 42.5 Å². The number of ether oxygens (including phenoxy) is 1. The highest BCUT2D eigenvalue weighted by atomic mass is 16.6. The van der Waals surface area contributed by atoms with Crippen molar-refractivity contribution in [2.75, 3.05) is 19.0 Å². The number of nitrogens with zero attached hydrogens (tertiary/aromatic N) is 1. The van der Waals surface area contributed by atoms with E-state index in [0.29, 0.717) is 17.8 Å². The van der Waals surface area contributed by atoms with Gasteiger partial charge in [0.2, 0.25) is 0 Å². The van der Waals surface area contributed by atoms with Crippen molar-refractivity contribution in [2.24, 2.45) is 0 Å². The van der Waals surface area contributed by atoms with E-state index in [2.05, 4.69) is 5.32 Å². The number of nitro groups is 1. The molecule has 2 aromatic carbocycles. The molecule has 0 atom stereocenters. The molecule has 0 spiro atoms. The number of para-hydroxylation sites is 1. The fraction of sp³-hybridized carbons (Fsp3) is 0.250. The zero-order valence-electron chi connectivity index (χ0n) is 12.1. The largest absolute Gasteiger partial charge is 0.497 e. The summed E-state index contributed by atoms with van der Waals surface area (Å²) in [6.07, 6.45) is 0.766. The van der Waals surface area contributed by atoms with Gasteiger partial charge in [-0.1, -0.05) is 24.3 Å². The van der Waals surface area contributed by atoms with E-state index in [4.69, 9.17) is 4.74 Å². The van der Waals surface area contributed by atoms with Crippen molar-refractivity contribution in [1.29, 1.82) is 0 Å². The molecule has 0 heterocycles. The molecule has 0 fully saturated rings. The van der Waals surface area contributed by atoms with Crippen LogP contribution in [0.3, 0.4) is 0 Å². The number of nitrogens with one attached hydrogen (secondary N) is 1. The van der Waals surface area contributed by atoms with E-state index in [9.17, 15) is 10.1 Å². The lowest BCUT2D eigenvalue weighted by Gasteiger charge is -2.09. The lowest BCUT2D eigenvalue weighted by Crippen LogP contribution is -2.07. The Morgan fingerprint density at radius 2 is 2.00 bits per heavy atom. The van der Waals surface area contributed by atoms with Crippen LogP contribution in [-0.2, 0) is 6.42 Å². The molecule has 5 nitrogen and oxygen atoms in total. The van der Waals surface area contributed by atoms with Gasteiger partial charge < -0.3 is 10.1 Å². The zero-order chi connectivity index (χ0) is 15.2. The standard InChI is InChI=1S/C16H18N2O3/c1-12-5-3-8-15(16(12)18(19)20)17-10-9-13-6-4-7-14(11-13)21-2/h3-8,11,17H,9-10H2,1-2H3. The molecule has 0 saturated heterocycles. The molecule has 2 aromatic rings. The van der Waals surface area contributed by atoms with Crippen LogP contribution in [0.2, 0.25) is 0 Å². The Hall–Kier alpha value is -2.56. The van der Waals surface area contributed by atoms with E-state index < -0.39 is 0 Å². The molecule has 21 heavy (non-hydrogen) atoms. The summed E-state index contributed by atoms with van der Waals surface area (Å²) >= 11 is 0. The topological polar surface area (TPSA) is 64.4 Å². The first kappa shape index (κ1) is 14.8. The van der Waals surface area contributed by atoms with Crippen LogP contribution in [0.4, 0.5) is 11.4 Å². The van der Waals surface area contributed by atoms with Crippen molar-refractivity contribution in [1.82, 2.24) is 0 Å². The minimum atomic E-state index is -0.344. The Morgan fingerprint density at radius 3 is 2.71 bits per heavy atom. The summed E-state index contributed by atoms with van der Waals surface area (Å²) in [4.78, 5) is 10.8. The number of aryl methyl sites for hydroxylation is 1. The summed E-state index contributed by atoms with van der Waals surface area (Å²) in [7, 11) is 1.63. The third-order valence-electron chi connectivity index (χ3n) is 3.28. The van der Waals surface area contributed by atoms with Crippen molar-refractivity contribution in [2.45, 2.75) is 13.3 Å². The maximum absolute atomic E-state index is 11.1. The minimum Gasteiger partial charge on any atom is -0.497 e. The molecular formula is C16H18N2O3. The second-order valence-electron chi connectivity index (χ2n) is 4.76. The Balaban J connectivity index is 2.03. The number of hydrogen-bond donors (Lipinski definition) is 1. The van der Waals surface area contributed by atoms with E-state index in [1.54, 1.807) is 26.2 Å². The molecule has 0 unspecified atom stereocenters. The molecule has 0 aliphatic carbocycles. The third-order valence-corrected chi connectivity index (χ3v) is 3.28. The first-order valence-corrected chi connectivity index (χ1v) is 6.72. The lowest BCUT2D eigenvalue weighted by atomic mass is 10.1. The van der Waals surface area contributed by atoms with Gasteiger partial charge in [0.05, 0.1) is 12.0 Å². The lowest BCUT2D eigenvalue weighted by molar-refractivity contribution is -0.384. The van der Waals surface area contributed by atoms with Gasteiger partial charge in [-0.15, -0.1) is 0 Å². The molecular weight excluding hydrogens is 268 g/mol. The first-order valence-electron chi connectivity index (χ1n) is 6.72. The Morgan fingerprint density at radius 1 is 1.24 bits per heavy atom. The summed E-state index contributed by atoms with van der Waals surface area (Å²) in [5.74, 6) is 0.814. The summed E-state index contributed by atoms with van der Waals surface area (Å²) in [5.41, 5.74) is 2.48. The fourth-order valence-corrected chi connectivity index (χ4v) is 2.21. The van der Waals surface area contributed by atoms with Gasteiger partial charge in [0.1, 0.15) is 11.4 Å². The molecule has 0 aliphatic rings. The predicted octanol–water partition coefficient (Wildman–Crippen LogP) is 3.57. The molecule has 1 N–H and O–H groups in total. The summed E-state index contributed by atoms with van der Waals surface area (Å²) in [6.45, 7) is 2.36. The number of methoxy groups -OCH3 is 1. The average molecular weight is 286 g/mol. The third kappa shape index (κ3) is 3.72. The van der Waals surface area contributed by atoms with Crippen LogP contribution < -0.4 is 10.1 Å². The number of rotatable bonds is 6. The van der Waals surface area contributed by atoms with Crippen LogP contribution in [0, 0.1) is 17.0 Å². The molecule has 0 aromatic heterocycles. The van der Waals surface area contributed by atoms with E-state index in [-0.39, 0.29) is 10.6 Å². The average Bonchev–Trinajstić information content (AvgIpc) is 2.47. The highest BCUT2D eigenvalue weighted by molar-refractivity contribution is 5.65. The van der Waals surface area contributed by atoms with Gasteiger partial charge in [0.15, 0.2) is 0 Å². The molecule has 110 valence electrons. The van der Waals surface area contributed by atoms with Crippen molar-refractivity contribution in [3.8, 4) is 5.75 Å². The summed E-state index contributed by atoms with van der Waals surface area (Å²) in [6, 6.07) is 13.1. The van der Waals surface area contributed by atoms with Crippen LogP contribution in [0.5, 0.6) is 5.75 Å². The Kier molecular flexibility index (Phi) is 4.77. The number of benzene rings is 2. The Labute approximate surface area is 123 Å². The van der Waals surface area contributed by atoms with E-state index in [0.717, 1.165) is 17.7 Å². The normalized spacial score (nSPS) is 10.2. The monoisotopic (exact) mass is 286 g/mol.